The van der Waals surface area contributed by atoms with E-state index >= 15 is 0 Å². The molecule has 2 amide bonds. The molecule has 1 aromatic heterocycles. The van der Waals surface area contributed by atoms with Crippen LogP contribution in [0.25, 0.3) is 0 Å². The van der Waals surface area contributed by atoms with Crippen LogP contribution in [-0.2, 0) is 16.0 Å². The van der Waals surface area contributed by atoms with Gasteiger partial charge >= 0.3 is 6.09 Å². The Bertz CT molecular complexity index is 478. The van der Waals surface area contributed by atoms with Gasteiger partial charge in [-0.3, -0.25) is 4.79 Å². The zero-order chi connectivity index (χ0) is 13.3. The molecule has 19 heavy (non-hydrogen) atoms. The average molecular weight is 280 g/mol. The summed E-state index contributed by atoms with van der Waals surface area (Å²) in [5.74, 6) is 0.162. The van der Waals surface area contributed by atoms with Crippen LogP contribution in [0.15, 0.2) is 17.5 Å². The van der Waals surface area contributed by atoms with Crippen LogP contribution in [0.1, 0.15) is 17.7 Å². The number of ether oxygens (including phenoxy) is 1. The van der Waals surface area contributed by atoms with E-state index in [9.17, 15) is 9.59 Å². The fourth-order valence-corrected chi connectivity index (χ4v) is 3.31. The lowest BCUT2D eigenvalue weighted by Crippen LogP contribution is -2.48. The normalized spacial score (nSPS) is 21.3. The molecule has 0 bridgehead atoms. The van der Waals surface area contributed by atoms with Gasteiger partial charge in [0.2, 0.25) is 5.91 Å². The maximum Gasteiger partial charge on any atom is 0.407 e. The summed E-state index contributed by atoms with van der Waals surface area (Å²) in [6.45, 7) is 1.90. The van der Waals surface area contributed by atoms with Gasteiger partial charge in [0, 0.05) is 30.8 Å². The number of carbonyl (C=O) groups is 2. The van der Waals surface area contributed by atoms with Crippen molar-refractivity contribution in [2.24, 2.45) is 0 Å². The van der Waals surface area contributed by atoms with Crippen molar-refractivity contribution in [3.8, 4) is 0 Å². The predicted octanol–water partition coefficient (Wildman–Crippen LogP) is 1.39. The third-order valence-electron chi connectivity index (χ3n) is 3.80. The first kappa shape index (κ1) is 12.5. The van der Waals surface area contributed by atoms with Gasteiger partial charge in [-0.15, -0.1) is 11.3 Å². The fraction of sp³-hybridized carbons (Fsp3) is 0.538. The minimum atomic E-state index is -0.378. The first-order chi connectivity index (χ1) is 9.17. The number of likely N-dealkylation sites (tertiary alicyclic amines) is 1. The molecule has 2 aliphatic rings. The van der Waals surface area contributed by atoms with Gasteiger partial charge in [0.1, 0.15) is 5.60 Å². The minimum Gasteiger partial charge on any atom is -0.441 e. The highest BCUT2D eigenvalue weighted by atomic mass is 32.1. The van der Waals surface area contributed by atoms with Crippen LogP contribution in [0.2, 0.25) is 0 Å². The monoisotopic (exact) mass is 280 g/mol. The van der Waals surface area contributed by atoms with E-state index in [2.05, 4.69) is 5.32 Å². The molecule has 1 aromatic rings. The van der Waals surface area contributed by atoms with Gasteiger partial charge in [0.15, 0.2) is 0 Å². The summed E-state index contributed by atoms with van der Waals surface area (Å²) in [5.41, 5.74) is -0.378. The van der Waals surface area contributed by atoms with Crippen molar-refractivity contribution in [1.29, 1.82) is 0 Å². The molecule has 2 aliphatic heterocycles. The number of thiophene rings is 1. The molecule has 0 saturated carbocycles. The third kappa shape index (κ3) is 2.58. The van der Waals surface area contributed by atoms with Crippen molar-refractivity contribution in [3.63, 3.8) is 0 Å². The molecule has 0 aliphatic carbocycles. The number of hydrogen-bond acceptors (Lipinski definition) is 4. The molecule has 2 fully saturated rings. The lowest BCUT2D eigenvalue weighted by Gasteiger charge is -2.37. The van der Waals surface area contributed by atoms with Crippen molar-refractivity contribution >= 4 is 23.3 Å². The van der Waals surface area contributed by atoms with Crippen molar-refractivity contribution in [3.05, 3.63) is 22.4 Å². The van der Waals surface area contributed by atoms with E-state index in [0.29, 0.717) is 26.1 Å². The highest BCUT2D eigenvalue weighted by molar-refractivity contribution is 7.10. The summed E-state index contributed by atoms with van der Waals surface area (Å²) in [6, 6.07) is 3.94. The van der Waals surface area contributed by atoms with Crippen molar-refractivity contribution in [2.45, 2.75) is 24.9 Å². The average Bonchev–Trinajstić information content (AvgIpc) is 3.01. The summed E-state index contributed by atoms with van der Waals surface area (Å²) >= 11 is 1.61. The Hall–Kier alpha value is -1.56. The molecule has 0 unspecified atom stereocenters. The molecule has 5 nitrogen and oxygen atoms in total. The summed E-state index contributed by atoms with van der Waals surface area (Å²) < 4.78 is 5.34. The summed E-state index contributed by atoms with van der Waals surface area (Å²) in [6.07, 6.45) is 1.59. The predicted molar refractivity (Wildman–Crippen MR) is 71.1 cm³/mol. The van der Waals surface area contributed by atoms with Gasteiger partial charge in [-0.25, -0.2) is 4.79 Å². The SMILES string of the molecule is O=C1NCC2(CCN(C(=O)Cc3cccs3)CC2)O1. The Kier molecular flexibility index (Phi) is 3.18. The summed E-state index contributed by atoms with van der Waals surface area (Å²) in [7, 11) is 0. The smallest absolute Gasteiger partial charge is 0.407 e. The van der Waals surface area contributed by atoms with Crippen molar-refractivity contribution < 1.29 is 14.3 Å². The van der Waals surface area contributed by atoms with Gasteiger partial charge in [-0.1, -0.05) is 6.07 Å². The van der Waals surface area contributed by atoms with E-state index in [4.69, 9.17) is 4.74 Å². The number of carbonyl (C=O) groups excluding carboxylic acids is 2. The molecule has 0 aromatic carbocycles. The highest BCUT2D eigenvalue weighted by Crippen LogP contribution is 2.29. The number of piperidine rings is 1. The van der Waals surface area contributed by atoms with Gasteiger partial charge in [-0.05, 0) is 11.4 Å². The van der Waals surface area contributed by atoms with Crippen LogP contribution >= 0.6 is 11.3 Å². The van der Waals surface area contributed by atoms with Crippen LogP contribution in [-0.4, -0.2) is 42.1 Å². The molecule has 3 heterocycles. The Morgan fingerprint density at radius 3 is 2.84 bits per heavy atom. The molecule has 0 atom stereocenters. The number of hydrogen-bond donors (Lipinski definition) is 1. The maximum absolute atomic E-state index is 12.1. The molecule has 102 valence electrons. The second-order valence-corrected chi connectivity index (χ2v) is 6.10. The molecule has 2 saturated heterocycles. The van der Waals surface area contributed by atoms with Crippen molar-refractivity contribution in [1.82, 2.24) is 10.2 Å². The van der Waals surface area contributed by atoms with Crippen molar-refractivity contribution in [2.75, 3.05) is 19.6 Å². The maximum atomic E-state index is 12.1. The standard InChI is InChI=1S/C13H16N2O3S/c16-11(8-10-2-1-7-19-10)15-5-3-13(4-6-15)9-14-12(17)18-13/h1-2,7H,3-6,8-9H2,(H,14,17). The number of nitrogens with zero attached hydrogens (tertiary/aromatic N) is 1. The molecule has 3 rings (SSSR count). The first-order valence-electron chi connectivity index (χ1n) is 6.44. The zero-order valence-electron chi connectivity index (χ0n) is 10.6. The lowest BCUT2D eigenvalue weighted by molar-refractivity contribution is -0.133. The lowest BCUT2D eigenvalue weighted by atomic mass is 9.91. The second-order valence-electron chi connectivity index (χ2n) is 5.06. The molecule has 1 N–H and O–H groups in total. The Morgan fingerprint density at radius 2 is 2.26 bits per heavy atom. The van der Waals surface area contributed by atoms with Crippen LogP contribution in [0, 0.1) is 0 Å². The molecule has 0 radical (unpaired) electrons. The van der Waals surface area contributed by atoms with E-state index in [1.807, 2.05) is 22.4 Å². The van der Waals surface area contributed by atoms with Crippen LogP contribution in [0.4, 0.5) is 4.79 Å². The number of rotatable bonds is 2. The summed E-state index contributed by atoms with van der Waals surface area (Å²) in [5, 5.41) is 4.68. The largest absolute Gasteiger partial charge is 0.441 e. The molecule has 6 heteroatoms. The van der Waals surface area contributed by atoms with Gasteiger partial charge < -0.3 is 15.0 Å². The van der Waals surface area contributed by atoms with Gasteiger partial charge in [-0.2, -0.15) is 0 Å². The summed E-state index contributed by atoms with van der Waals surface area (Å²) in [4.78, 5) is 26.2. The number of amides is 2. The highest BCUT2D eigenvalue weighted by Gasteiger charge is 2.43. The van der Waals surface area contributed by atoms with E-state index in [1.165, 1.54) is 0 Å². The van der Waals surface area contributed by atoms with E-state index in [-0.39, 0.29) is 17.6 Å². The third-order valence-corrected chi connectivity index (χ3v) is 4.67. The minimum absolute atomic E-state index is 0.162. The topological polar surface area (TPSA) is 58.6 Å². The first-order valence-corrected chi connectivity index (χ1v) is 7.32. The Morgan fingerprint density at radius 1 is 1.47 bits per heavy atom. The molecular formula is C13H16N2O3S. The molecule has 1 spiro atoms. The van der Waals surface area contributed by atoms with Crippen LogP contribution in [0.3, 0.4) is 0 Å². The van der Waals surface area contributed by atoms with E-state index < -0.39 is 0 Å². The van der Waals surface area contributed by atoms with E-state index in [1.54, 1.807) is 11.3 Å². The van der Waals surface area contributed by atoms with Gasteiger partial charge in [0.25, 0.3) is 0 Å². The van der Waals surface area contributed by atoms with Crippen LogP contribution < -0.4 is 5.32 Å². The Balaban J connectivity index is 1.55. The second kappa shape index (κ2) is 4.85. The number of alkyl carbamates (subject to hydrolysis) is 1. The molecular weight excluding hydrogens is 264 g/mol. The fourth-order valence-electron chi connectivity index (χ4n) is 2.62. The quantitative estimate of drug-likeness (QED) is 0.890. The van der Waals surface area contributed by atoms with Gasteiger partial charge in [0.05, 0.1) is 13.0 Å². The van der Waals surface area contributed by atoms with E-state index in [0.717, 1.165) is 17.7 Å². The van der Waals surface area contributed by atoms with Crippen LogP contribution in [0.5, 0.6) is 0 Å². The Labute approximate surface area is 115 Å². The zero-order valence-corrected chi connectivity index (χ0v) is 11.4. The number of nitrogens with one attached hydrogen (secondary N) is 1.